The minimum Gasteiger partial charge on any atom is -0.480 e. The van der Waals surface area contributed by atoms with E-state index in [2.05, 4.69) is 0 Å². The Kier molecular flexibility index (Phi) is 3.44. The molecule has 1 amide bonds. The van der Waals surface area contributed by atoms with E-state index >= 15 is 0 Å². The summed E-state index contributed by atoms with van der Waals surface area (Å²) in [6.45, 7) is 1.84. The van der Waals surface area contributed by atoms with Crippen molar-refractivity contribution in [3.8, 4) is 0 Å². The highest BCUT2D eigenvalue weighted by Gasteiger charge is 2.39. The Morgan fingerprint density at radius 3 is 2.74 bits per heavy atom. The Morgan fingerprint density at radius 2 is 2.11 bits per heavy atom. The monoisotopic (exact) mass is 264 g/mol. The Labute approximate surface area is 110 Å². The van der Waals surface area contributed by atoms with Gasteiger partial charge in [-0.3, -0.25) is 4.79 Å². The minimum atomic E-state index is -1.11. The van der Waals surface area contributed by atoms with Crippen molar-refractivity contribution in [1.29, 1.82) is 0 Å². The summed E-state index contributed by atoms with van der Waals surface area (Å²) in [4.78, 5) is 24.6. The van der Waals surface area contributed by atoms with Crippen LogP contribution in [0.5, 0.6) is 0 Å². The molecule has 2 unspecified atom stereocenters. The Morgan fingerprint density at radius 1 is 1.42 bits per heavy atom. The van der Waals surface area contributed by atoms with E-state index in [1.54, 1.807) is 18.2 Å². The van der Waals surface area contributed by atoms with E-state index in [4.69, 9.17) is 10.8 Å². The molecular weight excluding hydrogens is 248 g/mol. The normalized spacial score (nSPS) is 22.5. The number of β-amino-alcohol motifs (C(OH)–C–C–N with tert-alkyl or cyclic N) is 1. The molecule has 0 aliphatic carbocycles. The first-order valence-electron chi connectivity index (χ1n) is 5.98. The average Bonchev–Trinajstić information content (AvgIpc) is 2.74. The van der Waals surface area contributed by atoms with Crippen molar-refractivity contribution < 1.29 is 19.8 Å². The van der Waals surface area contributed by atoms with Gasteiger partial charge in [-0.25, -0.2) is 4.79 Å². The Balaban J connectivity index is 2.33. The highest BCUT2D eigenvalue weighted by molar-refractivity contribution is 6.01. The van der Waals surface area contributed by atoms with Crippen LogP contribution in [0.15, 0.2) is 18.2 Å². The van der Waals surface area contributed by atoms with E-state index in [0.29, 0.717) is 5.69 Å². The van der Waals surface area contributed by atoms with Gasteiger partial charge in [0.05, 0.1) is 11.7 Å². The van der Waals surface area contributed by atoms with Gasteiger partial charge >= 0.3 is 5.97 Å². The smallest absolute Gasteiger partial charge is 0.326 e. The molecule has 1 aliphatic rings. The summed E-state index contributed by atoms with van der Waals surface area (Å²) in [5.41, 5.74) is 7.21. The SMILES string of the molecule is Cc1ccc(N)c(C(=O)N2CC(O)CC2C(=O)O)c1. The molecule has 19 heavy (non-hydrogen) atoms. The second-order valence-corrected chi connectivity index (χ2v) is 4.79. The number of nitrogens with two attached hydrogens (primary N) is 1. The van der Waals surface area contributed by atoms with Crippen LogP contribution in [0.3, 0.4) is 0 Å². The highest BCUT2D eigenvalue weighted by atomic mass is 16.4. The first-order valence-corrected chi connectivity index (χ1v) is 5.98. The second-order valence-electron chi connectivity index (χ2n) is 4.79. The molecule has 0 aromatic heterocycles. The van der Waals surface area contributed by atoms with Gasteiger partial charge in [-0.15, -0.1) is 0 Å². The molecule has 102 valence electrons. The first kappa shape index (κ1) is 13.4. The molecule has 1 aromatic carbocycles. The van der Waals surface area contributed by atoms with Crippen LogP contribution in [-0.4, -0.2) is 45.7 Å². The summed E-state index contributed by atoms with van der Waals surface area (Å²) in [6, 6.07) is 4.02. The fourth-order valence-electron chi connectivity index (χ4n) is 2.28. The first-order chi connectivity index (χ1) is 8.90. The zero-order valence-electron chi connectivity index (χ0n) is 10.5. The lowest BCUT2D eigenvalue weighted by Crippen LogP contribution is -2.40. The van der Waals surface area contributed by atoms with Gasteiger partial charge < -0.3 is 20.8 Å². The number of benzene rings is 1. The predicted octanol–water partition coefficient (Wildman–Crippen LogP) is 0.237. The number of likely N-dealkylation sites (tertiary alicyclic amines) is 1. The number of nitrogen functional groups attached to an aromatic ring is 1. The molecule has 0 saturated carbocycles. The third-order valence-electron chi connectivity index (χ3n) is 3.26. The summed E-state index contributed by atoms with van der Waals surface area (Å²) in [7, 11) is 0. The maximum Gasteiger partial charge on any atom is 0.326 e. The van der Waals surface area contributed by atoms with E-state index in [1.807, 2.05) is 6.92 Å². The van der Waals surface area contributed by atoms with E-state index in [9.17, 15) is 14.7 Å². The van der Waals surface area contributed by atoms with E-state index < -0.39 is 24.0 Å². The summed E-state index contributed by atoms with van der Waals surface area (Å²) < 4.78 is 0. The maximum atomic E-state index is 12.4. The number of carbonyl (C=O) groups is 2. The zero-order chi connectivity index (χ0) is 14.2. The fourth-order valence-corrected chi connectivity index (χ4v) is 2.28. The predicted molar refractivity (Wildman–Crippen MR) is 68.7 cm³/mol. The summed E-state index contributed by atoms with van der Waals surface area (Å²) >= 11 is 0. The number of amides is 1. The van der Waals surface area contributed by atoms with Gasteiger partial charge in [-0.2, -0.15) is 0 Å². The number of carbonyl (C=O) groups excluding carboxylic acids is 1. The number of nitrogens with zero attached hydrogens (tertiary/aromatic N) is 1. The number of rotatable bonds is 2. The lowest BCUT2D eigenvalue weighted by molar-refractivity contribution is -0.141. The van der Waals surface area contributed by atoms with Crippen LogP contribution in [-0.2, 0) is 4.79 Å². The van der Waals surface area contributed by atoms with Crippen LogP contribution < -0.4 is 5.73 Å². The minimum absolute atomic E-state index is 0.0170. The van der Waals surface area contributed by atoms with Crippen molar-refractivity contribution in [2.45, 2.75) is 25.5 Å². The number of carboxylic acid groups (broad SMARTS) is 1. The summed E-state index contributed by atoms with van der Waals surface area (Å²) in [6.07, 6.45) is -0.761. The molecule has 1 saturated heterocycles. The summed E-state index contributed by atoms with van der Waals surface area (Å²) in [5.74, 6) is -1.57. The lowest BCUT2D eigenvalue weighted by Gasteiger charge is -2.22. The van der Waals surface area contributed by atoms with Crippen LogP contribution in [0.1, 0.15) is 22.3 Å². The van der Waals surface area contributed by atoms with Crippen LogP contribution in [0.2, 0.25) is 0 Å². The molecule has 1 aromatic rings. The molecule has 0 radical (unpaired) electrons. The number of aryl methyl sites for hydroxylation is 1. The molecular formula is C13H16N2O4. The van der Waals surface area contributed by atoms with Crippen molar-refractivity contribution >= 4 is 17.6 Å². The van der Waals surface area contributed by atoms with Gasteiger partial charge in [-0.1, -0.05) is 11.6 Å². The van der Waals surface area contributed by atoms with Crippen molar-refractivity contribution in [1.82, 2.24) is 4.90 Å². The van der Waals surface area contributed by atoms with Crippen LogP contribution in [0.25, 0.3) is 0 Å². The van der Waals surface area contributed by atoms with Crippen molar-refractivity contribution in [3.63, 3.8) is 0 Å². The molecule has 1 heterocycles. The topological polar surface area (TPSA) is 104 Å². The maximum absolute atomic E-state index is 12.4. The fraction of sp³-hybridized carbons (Fsp3) is 0.385. The molecule has 0 bridgehead atoms. The van der Waals surface area contributed by atoms with Gasteiger partial charge in [0.2, 0.25) is 0 Å². The third kappa shape index (κ3) is 2.53. The quantitative estimate of drug-likeness (QED) is 0.664. The lowest BCUT2D eigenvalue weighted by atomic mass is 10.1. The van der Waals surface area contributed by atoms with Crippen LogP contribution in [0.4, 0.5) is 5.69 Å². The molecule has 0 spiro atoms. The second kappa shape index (κ2) is 4.89. The molecule has 2 rings (SSSR count). The largest absolute Gasteiger partial charge is 0.480 e. The zero-order valence-corrected chi connectivity index (χ0v) is 10.5. The molecule has 6 nitrogen and oxygen atoms in total. The van der Waals surface area contributed by atoms with Gasteiger partial charge in [0.15, 0.2) is 0 Å². The number of aliphatic carboxylic acids is 1. The van der Waals surface area contributed by atoms with Crippen LogP contribution in [0, 0.1) is 6.92 Å². The van der Waals surface area contributed by atoms with Crippen molar-refractivity contribution in [3.05, 3.63) is 29.3 Å². The highest BCUT2D eigenvalue weighted by Crippen LogP contribution is 2.23. The van der Waals surface area contributed by atoms with Gasteiger partial charge in [0.25, 0.3) is 5.91 Å². The van der Waals surface area contributed by atoms with E-state index in [0.717, 1.165) is 10.5 Å². The van der Waals surface area contributed by atoms with Gasteiger partial charge in [0, 0.05) is 18.7 Å². The number of anilines is 1. The molecule has 1 fully saturated rings. The van der Waals surface area contributed by atoms with E-state index in [1.165, 1.54) is 0 Å². The standard InChI is InChI=1S/C13H16N2O4/c1-7-2-3-10(14)9(4-7)12(17)15-6-8(16)5-11(15)13(18)19/h2-4,8,11,16H,5-6,14H2,1H3,(H,18,19). The number of aliphatic hydroxyl groups excluding tert-OH is 1. The van der Waals surface area contributed by atoms with Crippen molar-refractivity contribution in [2.24, 2.45) is 0 Å². The Hall–Kier alpha value is -2.08. The van der Waals surface area contributed by atoms with Gasteiger partial charge in [-0.05, 0) is 19.1 Å². The van der Waals surface area contributed by atoms with Crippen molar-refractivity contribution in [2.75, 3.05) is 12.3 Å². The number of aliphatic hydroxyl groups is 1. The molecule has 6 heteroatoms. The average molecular weight is 264 g/mol. The number of hydrogen-bond donors (Lipinski definition) is 3. The summed E-state index contributed by atoms with van der Waals surface area (Å²) in [5, 5.41) is 18.6. The third-order valence-corrected chi connectivity index (χ3v) is 3.26. The number of carboxylic acids is 1. The molecule has 1 aliphatic heterocycles. The molecule has 4 N–H and O–H groups in total. The molecule has 2 atom stereocenters. The Bertz CT molecular complexity index is 529. The number of hydrogen-bond acceptors (Lipinski definition) is 4. The van der Waals surface area contributed by atoms with E-state index in [-0.39, 0.29) is 18.5 Å². The van der Waals surface area contributed by atoms with Gasteiger partial charge in [0.1, 0.15) is 6.04 Å². The van der Waals surface area contributed by atoms with Crippen LogP contribution >= 0.6 is 0 Å².